The number of nitrogens with one attached hydrogen (secondary N) is 1. The van der Waals surface area contributed by atoms with Gasteiger partial charge in [0.25, 0.3) is 0 Å². The van der Waals surface area contributed by atoms with E-state index in [0.717, 1.165) is 25.3 Å². The molecule has 0 heterocycles. The molecule has 0 amide bonds. The fourth-order valence-corrected chi connectivity index (χ4v) is 2.27. The molecule has 0 radical (unpaired) electrons. The number of halogens is 4. The smallest absolute Gasteiger partial charge is 0.382 e. The Balaban J connectivity index is 2.86. The Morgan fingerprint density at radius 1 is 1.20 bits per heavy atom. The summed E-state index contributed by atoms with van der Waals surface area (Å²) in [6.45, 7) is 6.29. The molecule has 20 heavy (non-hydrogen) atoms. The third-order valence-electron chi connectivity index (χ3n) is 3.52. The van der Waals surface area contributed by atoms with Gasteiger partial charge in [0.05, 0.1) is 10.6 Å². The Kier molecular flexibility index (Phi) is 6.18. The lowest BCUT2D eigenvalue weighted by atomic mass is 9.97. The zero-order valence-electron chi connectivity index (χ0n) is 12.0. The van der Waals surface area contributed by atoms with Gasteiger partial charge in [-0.15, -0.1) is 0 Å². The molecule has 1 aromatic carbocycles. The minimum Gasteiger partial charge on any atom is -0.382 e. The van der Waals surface area contributed by atoms with Gasteiger partial charge in [-0.05, 0) is 37.0 Å². The van der Waals surface area contributed by atoms with E-state index in [9.17, 15) is 13.2 Å². The van der Waals surface area contributed by atoms with E-state index in [1.54, 1.807) is 6.07 Å². The van der Waals surface area contributed by atoms with Crippen LogP contribution in [0.25, 0.3) is 0 Å². The number of hydrogen-bond acceptors (Lipinski definition) is 1. The summed E-state index contributed by atoms with van der Waals surface area (Å²) in [4.78, 5) is 0. The van der Waals surface area contributed by atoms with Crippen molar-refractivity contribution in [1.29, 1.82) is 0 Å². The molecule has 1 rings (SSSR count). The van der Waals surface area contributed by atoms with E-state index < -0.39 is 11.7 Å². The molecule has 2 atom stereocenters. The van der Waals surface area contributed by atoms with E-state index in [4.69, 9.17) is 11.6 Å². The van der Waals surface area contributed by atoms with Crippen LogP contribution < -0.4 is 5.32 Å². The summed E-state index contributed by atoms with van der Waals surface area (Å²) < 4.78 is 38.4. The van der Waals surface area contributed by atoms with Crippen molar-refractivity contribution in [3.8, 4) is 0 Å². The van der Waals surface area contributed by atoms with Crippen LogP contribution >= 0.6 is 11.6 Å². The molecule has 1 aromatic rings. The molecule has 114 valence electrons. The second kappa shape index (κ2) is 7.21. The average Bonchev–Trinajstić information content (AvgIpc) is 2.38. The fourth-order valence-electron chi connectivity index (χ4n) is 2.05. The van der Waals surface area contributed by atoms with Gasteiger partial charge in [0.2, 0.25) is 0 Å². The third-order valence-corrected chi connectivity index (χ3v) is 3.85. The highest BCUT2D eigenvalue weighted by Crippen LogP contribution is 2.36. The second-order valence-corrected chi connectivity index (χ2v) is 5.60. The molecule has 1 N–H and O–H groups in total. The number of anilines is 1. The van der Waals surface area contributed by atoms with Gasteiger partial charge in [-0.3, -0.25) is 0 Å². The molecule has 0 aliphatic rings. The molecule has 5 heteroatoms. The van der Waals surface area contributed by atoms with Crippen LogP contribution in [0.1, 0.15) is 45.6 Å². The van der Waals surface area contributed by atoms with Gasteiger partial charge in [-0.2, -0.15) is 13.2 Å². The quantitative estimate of drug-likeness (QED) is 0.681. The predicted molar refractivity (Wildman–Crippen MR) is 78.2 cm³/mol. The van der Waals surface area contributed by atoms with E-state index in [0.29, 0.717) is 11.6 Å². The summed E-state index contributed by atoms with van der Waals surface area (Å²) in [5, 5.41) is 2.91. The maximum absolute atomic E-state index is 12.8. The molecule has 0 aliphatic carbocycles. The van der Waals surface area contributed by atoms with Crippen molar-refractivity contribution in [2.24, 2.45) is 5.92 Å². The van der Waals surface area contributed by atoms with E-state index in [1.165, 1.54) is 6.07 Å². The summed E-state index contributed by atoms with van der Waals surface area (Å²) in [6.07, 6.45) is -1.55. The maximum Gasteiger partial charge on any atom is 0.417 e. The first-order valence-electron chi connectivity index (χ1n) is 6.91. The molecular weight excluding hydrogens is 287 g/mol. The van der Waals surface area contributed by atoms with Gasteiger partial charge in [-0.1, -0.05) is 38.8 Å². The highest BCUT2D eigenvalue weighted by molar-refractivity contribution is 6.31. The van der Waals surface area contributed by atoms with Crippen molar-refractivity contribution < 1.29 is 13.2 Å². The monoisotopic (exact) mass is 307 g/mol. The zero-order chi connectivity index (χ0) is 15.3. The Hall–Kier alpha value is -0.900. The van der Waals surface area contributed by atoms with Gasteiger partial charge in [0, 0.05) is 11.7 Å². The van der Waals surface area contributed by atoms with Crippen molar-refractivity contribution >= 4 is 17.3 Å². The van der Waals surface area contributed by atoms with Crippen molar-refractivity contribution in [2.45, 2.75) is 52.3 Å². The first-order valence-corrected chi connectivity index (χ1v) is 7.29. The number of alkyl halides is 3. The van der Waals surface area contributed by atoms with E-state index in [1.807, 2.05) is 6.92 Å². The van der Waals surface area contributed by atoms with Crippen LogP contribution in [-0.2, 0) is 6.18 Å². The molecular formula is C15H21ClF3N. The largest absolute Gasteiger partial charge is 0.417 e. The molecule has 0 aromatic heterocycles. The summed E-state index contributed by atoms with van der Waals surface area (Å²) >= 11 is 5.61. The van der Waals surface area contributed by atoms with Crippen molar-refractivity contribution in [3.05, 3.63) is 28.8 Å². The average molecular weight is 308 g/mol. The molecule has 0 aliphatic heterocycles. The van der Waals surface area contributed by atoms with Crippen molar-refractivity contribution in [3.63, 3.8) is 0 Å². The van der Waals surface area contributed by atoms with Crippen molar-refractivity contribution in [1.82, 2.24) is 0 Å². The summed E-state index contributed by atoms with van der Waals surface area (Å²) in [6, 6.07) is 4.15. The molecule has 0 spiro atoms. The van der Waals surface area contributed by atoms with Crippen LogP contribution in [0.2, 0.25) is 5.02 Å². The Morgan fingerprint density at radius 2 is 1.85 bits per heavy atom. The van der Waals surface area contributed by atoms with Crippen LogP contribution in [0.15, 0.2) is 18.2 Å². The number of rotatable bonds is 6. The molecule has 0 fully saturated rings. The van der Waals surface area contributed by atoms with Gasteiger partial charge in [0.15, 0.2) is 0 Å². The van der Waals surface area contributed by atoms with E-state index in [2.05, 4.69) is 19.2 Å². The van der Waals surface area contributed by atoms with Gasteiger partial charge >= 0.3 is 6.18 Å². The fraction of sp³-hybridized carbons (Fsp3) is 0.600. The van der Waals surface area contributed by atoms with Crippen LogP contribution in [0.4, 0.5) is 18.9 Å². The Labute approximate surface area is 123 Å². The minimum absolute atomic E-state index is 0.173. The lowest BCUT2D eigenvalue weighted by Crippen LogP contribution is -2.21. The Bertz CT molecular complexity index is 432. The predicted octanol–water partition coefficient (Wildman–Crippen LogP) is 5.99. The standard InChI is InChI=1S/C15H21ClF3N/c1-4-10(3)8-11(5-2)20-12-6-7-14(16)13(9-12)15(17,18)19/h6-7,9-11,20H,4-5,8H2,1-3H3. The second-order valence-electron chi connectivity index (χ2n) is 5.19. The highest BCUT2D eigenvalue weighted by atomic mass is 35.5. The minimum atomic E-state index is -4.42. The Morgan fingerprint density at radius 3 is 2.35 bits per heavy atom. The molecule has 2 unspecified atom stereocenters. The topological polar surface area (TPSA) is 12.0 Å². The summed E-state index contributed by atoms with van der Waals surface area (Å²) in [7, 11) is 0. The van der Waals surface area contributed by atoms with Gasteiger partial charge in [0.1, 0.15) is 0 Å². The van der Waals surface area contributed by atoms with Gasteiger partial charge < -0.3 is 5.32 Å². The van der Waals surface area contributed by atoms with Crippen LogP contribution in [0.5, 0.6) is 0 Å². The van der Waals surface area contributed by atoms with E-state index >= 15 is 0 Å². The molecule has 0 saturated carbocycles. The third kappa shape index (κ3) is 4.89. The van der Waals surface area contributed by atoms with E-state index in [-0.39, 0.29) is 11.1 Å². The first kappa shape index (κ1) is 17.2. The molecule has 0 saturated heterocycles. The maximum atomic E-state index is 12.8. The molecule has 1 nitrogen and oxygen atoms in total. The first-order chi connectivity index (χ1) is 9.27. The number of benzene rings is 1. The van der Waals surface area contributed by atoms with Crippen LogP contribution in [0.3, 0.4) is 0 Å². The summed E-state index contributed by atoms with van der Waals surface area (Å²) in [5.74, 6) is 0.543. The van der Waals surface area contributed by atoms with Crippen LogP contribution in [-0.4, -0.2) is 6.04 Å². The van der Waals surface area contributed by atoms with Crippen molar-refractivity contribution in [2.75, 3.05) is 5.32 Å². The summed E-state index contributed by atoms with van der Waals surface area (Å²) in [5.41, 5.74) is -0.320. The zero-order valence-corrected chi connectivity index (χ0v) is 12.8. The SMILES string of the molecule is CCC(C)CC(CC)Nc1ccc(Cl)c(C(F)(F)F)c1. The lowest BCUT2D eigenvalue weighted by molar-refractivity contribution is -0.137. The number of hydrogen-bond donors (Lipinski definition) is 1. The van der Waals surface area contributed by atoms with Crippen LogP contribution in [0, 0.1) is 5.92 Å². The normalized spacial score (nSPS) is 14.9. The molecule has 0 bridgehead atoms. The lowest BCUT2D eigenvalue weighted by Gasteiger charge is -2.22. The highest BCUT2D eigenvalue weighted by Gasteiger charge is 2.33. The van der Waals surface area contributed by atoms with Gasteiger partial charge in [-0.25, -0.2) is 0 Å².